The number of methoxy groups -OCH3 is 1. The summed E-state index contributed by atoms with van der Waals surface area (Å²) in [6.07, 6.45) is 3.32. The van der Waals surface area contributed by atoms with E-state index in [2.05, 4.69) is 0 Å². The molecule has 2 rings (SSSR count). The van der Waals surface area contributed by atoms with Gasteiger partial charge in [-0.2, -0.15) is 0 Å². The van der Waals surface area contributed by atoms with Crippen LogP contribution in [-0.2, 0) is 16.0 Å². The van der Waals surface area contributed by atoms with E-state index in [0.717, 1.165) is 23.4 Å². The van der Waals surface area contributed by atoms with Crippen molar-refractivity contribution in [2.24, 2.45) is 0 Å². The van der Waals surface area contributed by atoms with Gasteiger partial charge in [0.15, 0.2) is 11.5 Å². The number of aliphatic carboxylic acids is 1. The van der Waals surface area contributed by atoms with E-state index in [0.29, 0.717) is 29.9 Å². The summed E-state index contributed by atoms with van der Waals surface area (Å²) in [5.74, 6) is -0.638. The monoisotopic (exact) mass is 316 g/mol. The zero-order chi connectivity index (χ0) is 16.8. The van der Waals surface area contributed by atoms with Gasteiger partial charge < -0.3 is 19.7 Å². The molecule has 0 aliphatic carbocycles. The number of hydrogen-bond acceptors (Lipinski definition) is 4. The lowest BCUT2D eigenvalue weighted by Gasteiger charge is -2.14. The van der Waals surface area contributed by atoms with Gasteiger partial charge in [0.05, 0.1) is 6.61 Å². The van der Waals surface area contributed by atoms with Crippen molar-refractivity contribution in [3.63, 3.8) is 0 Å². The number of fused-ring (bicyclic) bond motifs is 1. The number of benzene rings is 2. The Morgan fingerprint density at radius 3 is 2.74 bits per heavy atom. The molecule has 122 valence electrons. The minimum atomic E-state index is -1.03. The maximum absolute atomic E-state index is 10.8. The van der Waals surface area contributed by atoms with Crippen molar-refractivity contribution in [3.8, 4) is 11.5 Å². The second-order valence-corrected chi connectivity index (χ2v) is 5.02. The highest BCUT2D eigenvalue weighted by Gasteiger charge is 2.14. The summed E-state index contributed by atoms with van der Waals surface area (Å²) in [6.45, 7) is 2.69. The lowest BCUT2D eigenvalue weighted by molar-refractivity contribution is -0.131. The Bertz CT molecular complexity index is 734. The Hall–Kier alpha value is -2.53. The number of phenols is 1. The molecule has 2 aromatic rings. The average molecular weight is 316 g/mol. The van der Waals surface area contributed by atoms with Gasteiger partial charge in [0.1, 0.15) is 6.61 Å². The molecule has 0 atom stereocenters. The minimum absolute atomic E-state index is 0.0704. The Morgan fingerprint density at radius 2 is 2.09 bits per heavy atom. The molecule has 5 heteroatoms. The molecule has 5 nitrogen and oxygen atoms in total. The third-order valence-electron chi connectivity index (χ3n) is 3.55. The summed E-state index contributed by atoms with van der Waals surface area (Å²) >= 11 is 0. The van der Waals surface area contributed by atoms with Crippen LogP contribution in [0.2, 0.25) is 0 Å². The third-order valence-corrected chi connectivity index (χ3v) is 3.55. The number of carboxylic acids is 1. The summed E-state index contributed by atoms with van der Waals surface area (Å²) < 4.78 is 10.5. The first-order valence-electron chi connectivity index (χ1n) is 7.38. The van der Waals surface area contributed by atoms with Crippen LogP contribution in [0.1, 0.15) is 18.1 Å². The van der Waals surface area contributed by atoms with Crippen LogP contribution in [0.15, 0.2) is 30.3 Å². The third kappa shape index (κ3) is 3.81. The number of ether oxygens (including phenoxy) is 2. The second kappa shape index (κ2) is 7.65. The van der Waals surface area contributed by atoms with Gasteiger partial charge in [-0.3, -0.25) is 0 Å². The molecule has 0 heterocycles. The van der Waals surface area contributed by atoms with Crippen LogP contribution in [0.25, 0.3) is 16.8 Å². The van der Waals surface area contributed by atoms with Crippen LogP contribution in [0.5, 0.6) is 11.5 Å². The van der Waals surface area contributed by atoms with Crippen LogP contribution < -0.4 is 4.74 Å². The van der Waals surface area contributed by atoms with Gasteiger partial charge in [-0.05, 0) is 35.1 Å². The number of carbonyl (C=O) groups is 1. The zero-order valence-corrected chi connectivity index (χ0v) is 13.2. The maximum Gasteiger partial charge on any atom is 0.328 e. The number of phenolic OH excluding ortho intramolecular Hbond substituents is 1. The van der Waals surface area contributed by atoms with Crippen LogP contribution in [-0.4, -0.2) is 36.5 Å². The van der Waals surface area contributed by atoms with Crippen LogP contribution in [0.4, 0.5) is 0 Å². The molecule has 2 N–H and O–H groups in total. The average Bonchev–Trinajstić information content (AvgIpc) is 2.55. The van der Waals surface area contributed by atoms with Gasteiger partial charge in [-0.15, -0.1) is 0 Å². The van der Waals surface area contributed by atoms with Crippen molar-refractivity contribution in [1.82, 2.24) is 0 Å². The molecule has 0 unspecified atom stereocenters. The molecule has 23 heavy (non-hydrogen) atoms. The van der Waals surface area contributed by atoms with E-state index < -0.39 is 5.97 Å². The summed E-state index contributed by atoms with van der Waals surface area (Å²) in [7, 11) is 1.57. The molecule has 2 aromatic carbocycles. The molecule has 0 aliphatic heterocycles. The van der Waals surface area contributed by atoms with Gasteiger partial charge in [0.25, 0.3) is 0 Å². The first-order valence-corrected chi connectivity index (χ1v) is 7.38. The molecule has 0 bridgehead atoms. The molecule has 0 saturated carbocycles. The molecular weight excluding hydrogens is 296 g/mol. The predicted molar refractivity (Wildman–Crippen MR) is 89.0 cm³/mol. The summed E-state index contributed by atoms with van der Waals surface area (Å²) in [6, 6.07) is 7.33. The Kier molecular flexibility index (Phi) is 5.60. The minimum Gasteiger partial charge on any atom is -0.504 e. The number of aromatic hydroxyl groups is 1. The largest absolute Gasteiger partial charge is 0.504 e. The highest BCUT2D eigenvalue weighted by molar-refractivity contribution is 6.00. The van der Waals surface area contributed by atoms with Crippen molar-refractivity contribution in [3.05, 3.63) is 41.5 Å². The molecule has 0 amide bonds. The van der Waals surface area contributed by atoms with Crippen molar-refractivity contribution in [2.75, 3.05) is 20.3 Å². The highest BCUT2D eigenvalue weighted by atomic mass is 16.5. The van der Waals surface area contributed by atoms with Gasteiger partial charge >= 0.3 is 5.97 Å². The van der Waals surface area contributed by atoms with E-state index in [-0.39, 0.29) is 5.75 Å². The Labute approximate surface area is 134 Å². The quantitative estimate of drug-likeness (QED) is 0.606. The fraction of sp³-hybridized carbons (Fsp3) is 0.278. The summed E-state index contributed by atoms with van der Waals surface area (Å²) in [5.41, 5.74) is 1.66. The first kappa shape index (κ1) is 16.8. The predicted octanol–water partition coefficient (Wildman–Crippen LogP) is 3.23. The van der Waals surface area contributed by atoms with E-state index in [1.54, 1.807) is 13.2 Å². The second-order valence-electron chi connectivity index (χ2n) is 5.02. The van der Waals surface area contributed by atoms with Gasteiger partial charge in [0.2, 0.25) is 0 Å². The Balaban J connectivity index is 2.62. The highest BCUT2D eigenvalue weighted by Crippen LogP contribution is 2.39. The lowest BCUT2D eigenvalue weighted by Crippen LogP contribution is -2.05. The number of hydrogen-bond donors (Lipinski definition) is 2. The van der Waals surface area contributed by atoms with E-state index in [9.17, 15) is 9.90 Å². The molecule has 0 saturated heterocycles. The number of rotatable bonds is 7. The fourth-order valence-electron chi connectivity index (χ4n) is 2.47. The van der Waals surface area contributed by atoms with Crippen LogP contribution in [0.3, 0.4) is 0 Å². The van der Waals surface area contributed by atoms with E-state index >= 15 is 0 Å². The van der Waals surface area contributed by atoms with Gasteiger partial charge in [-0.1, -0.05) is 25.1 Å². The molecule has 0 radical (unpaired) electrons. The van der Waals surface area contributed by atoms with Crippen molar-refractivity contribution in [2.45, 2.75) is 13.3 Å². The van der Waals surface area contributed by atoms with Gasteiger partial charge in [-0.25, -0.2) is 4.79 Å². The smallest absolute Gasteiger partial charge is 0.328 e. The van der Waals surface area contributed by atoms with Crippen molar-refractivity contribution in [1.29, 1.82) is 0 Å². The SMILES string of the molecule is CCc1cccc2c(/C=C/C(=O)O)cc(OCCOC)c(O)c12. The topological polar surface area (TPSA) is 76.0 Å². The van der Waals surface area contributed by atoms with Gasteiger partial charge in [0, 0.05) is 18.6 Å². The standard InChI is InChI=1S/C18H20O5/c1-3-12-5-4-6-14-13(7-8-16(19)20)11-15(18(21)17(12)14)23-10-9-22-2/h4-8,11,21H,3,9-10H2,1-2H3,(H,19,20)/b8-7+. The van der Waals surface area contributed by atoms with E-state index in [1.165, 1.54) is 6.08 Å². The first-order chi connectivity index (χ1) is 11.1. The van der Waals surface area contributed by atoms with E-state index in [4.69, 9.17) is 14.6 Å². The zero-order valence-electron chi connectivity index (χ0n) is 13.2. The molecular formula is C18H20O5. The molecule has 0 spiro atoms. The fourth-order valence-corrected chi connectivity index (χ4v) is 2.47. The summed E-state index contributed by atoms with van der Waals surface area (Å²) in [5, 5.41) is 20.9. The van der Waals surface area contributed by atoms with Crippen molar-refractivity contribution >= 4 is 22.8 Å². The summed E-state index contributed by atoms with van der Waals surface area (Å²) in [4.78, 5) is 10.8. The maximum atomic E-state index is 10.8. The number of aryl methyl sites for hydroxylation is 1. The number of carboxylic acid groups (broad SMARTS) is 1. The van der Waals surface area contributed by atoms with Crippen LogP contribution in [0, 0.1) is 0 Å². The van der Waals surface area contributed by atoms with Crippen molar-refractivity contribution < 1.29 is 24.5 Å². The Morgan fingerprint density at radius 1 is 1.30 bits per heavy atom. The lowest BCUT2D eigenvalue weighted by atomic mass is 9.97. The van der Waals surface area contributed by atoms with E-state index in [1.807, 2.05) is 25.1 Å². The molecule has 0 aliphatic rings. The van der Waals surface area contributed by atoms with Crippen LogP contribution >= 0.6 is 0 Å². The molecule has 0 aromatic heterocycles. The normalized spacial score (nSPS) is 11.2. The molecule has 0 fully saturated rings.